The van der Waals surface area contributed by atoms with Crippen LogP contribution in [-0.4, -0.2) is 40.5 Å². The Morgan fingerprint density at radius 3 is 2.80 bits per heavy atom. The molecule has 0 aromatic rings. The second-order valence-corrected chi connectivity index (χ2v) is 4.81. The molecule has 1 fully saturated rings. The van der Waals surface area contributed by atoms with Crippen molar-refractivity contribution >= 4 is 23.1 Å². The van der Waals surface area contributed by atoms with Gasteiger partial charge in [-0.3, -0.25) is 9.69 Å². The van der Waals surface area contributed by atoms with E-state index in [1.807, 2.05) is 20.8 Å². The van der Waals surface area contributed by atoms with Gasteiger partial charge in [-0.1, -0.05) is 19.1 Å². The van der Waals surface area contributed by atoms with Crippen LogP contribution in [0.25, 0.3) is 0 Å². The third kappa shape index (κ3) is 2.29. The maximum atomic E-state index is 11.7. The summed E-state index contributed by atoms with van der Waals surface area (Å²) in [6.45, 7) is 7.31. The first-order valence-electron chi connectivity index (χ1n) is 5.25. The smallest absolute Gasteiger partial charge is 0.240 e. The number of hydrogen-bond acceptors (Lipinski definition) is 3. The summed E-state index contributed by atoms with van der Waals surface area (Å²) in [5.41, 5.74) is 5.18. The number of thiocarbonyl (C=S) groups is 1. The van der Waals surface area contributed by atoms with E-state index < -0.39 is 5.54 Å². The first-order valence-corrected chi connectivity index (χ1v) is 5.66. The predicted molar refractivity (Wildman–Crippen MR) is 64.7 cm³/mol. The van der Waals surface area contributed by atoms with Crippen molar-refractivity contribution in [1.82, 2.24) is 10.2 Å². The molecule has 5 heteroatoms. The van der Waals surface area contributed by atoms with E-state index in [1.165, 1.54) is 0 Å². The van der Waals surface area contributed by atoms with Crippen LogP contribution in [0.1, 0.15) is 27.2 Å². The second kappa shape index (κ2) is 4.45. The minimum absolute atomic E-state index is 0.0149. The molecular formula is C10H19N3OS. The van der Waals surface area contributed by atoms with Crippen LogP contribution >= 0.6 is 12.2 Å². The SMILES string of the molecule is CCC(C(N)=S)N1CCNC(=O)C1(C)C. The highest BCUT2D eigenvalue weighted by Gasteiger charge is 2.41. The van der Waals surface area contributed by atoms with E-state index in [9.17, 15) is 4.79 Å². The lowest BCUT2D eigenvalue weighted by atomic mass is 9.95. The zero-order valence-electron chi connectivity index (χ0n) is 9.54. The number of nitrogens with two attached hydrogens (primary N) is 1. The summed E-state index contributed by atoms with van der Waals surface area (Å²) in [5, 5.41) is 2.86. The van der Waals surface area contributed by atoms with Crippen molar-refractivity contribution in [2.24, 2.45) is 5.73 Å². The van der Waals surface area contributed by atoms with Gasteiger partial charge >= 0.3 is 0 Å². The fraction of sp³-hybridized carbons (Fsp3) is 0.800. The lowest BCUT2D eigenvalue weighted by Crippen LogP contribution is -2.66. The number of nitrogens with one attached hydrogen (secondary N) is 1. The molecule has 1 atom stereocenters. The maximum Gasteiger partial charge on any atom is 0.240 e. The Labute approximate surface area is 96.2 Å². The molecule has 1 aliphatic heterocycles. The first kappa shape index (κ1) is 12.4. The normalized spacial score (nSPS) is 23.3. The molecular weight excluding hydrogens is 210 g/mol. The Morgan fingerprint density at radius 2 is 2.33 bits per heavy atom. The Morgan fingerprint density at radius 1 is 1.73 bits per heavy atom. The molecule has 1 saturated heterocycles. The Hall–Kier alpha value is -0.680. The first-order chi connectivity index (χ1) is 6.91. The van der Waals surface area contributed by atoms with Gasteiger partial charge in [0.1, 0.15) is 0 Å². The standard InChI is InChI=1S/C10H19N3OS/c1-4-7(8(11)15)13-6-5-12-9(14)10(13,2)3/h7H,4-6H2,1-3H3,(H2,11,15)(H,12,14). The van der Waals surface area contributed by atoms with E-state index >= 15 is 0 Å². The molecule has 0 aromatic carbocycles. The van der Waals surface area contributed by atoms with Crippen molar-refractivity contribution in [1.29, 1.82) is 0 Å². The summed E-state index contributed by atoms with van der Waals surface area (Å²) in [5.74, 6) is 0.0449. The molecule has 1 amide bonds. The van der Waals surface area contributed by atoms with Gasteiger partial charge in [0.25, 0.3) is 0 Å². The topological polar surface area (TPSA) is 58.4 Å². The molecule has 0 aliphatic carbocycles. The van der Waals surface area contributed by atoms with Gasteiger partial charge < -0.3 is 11.1 Å². The van der Waals surface area contributed by atoms with E-state index in [1.54, 1.807) is 0 Å². The number of piperazine rings is 1. The van der Waals surface area contributed by atoms with Crippen LogP contribution in [0.5, 0.6) is 0 Å². The minimum atomic E-state index is -0.525. The lowest BCUT2D eigenvalue weighted by Gasteiger charge is -2.45. The van der Waals surface area contributed by atoms with Gasteiger partial charge in [0.15, 0.2) is 0 Å². The lowest BCUT2D eigenvalue weighted by molar-refractivity contribution is -0.135. The van der Waals surface area contributed by atoms with Crippen molar-refractivity contribution in [3.8, 4) is 0 Å². The van der Waals surface area contributed by atoms with Gasteiger partial charge in [0, 0.05) is 13.1 Å². The maximum absolute atomic E-state index is 11.7. The van der Waals surface area contributed by atoms with Crippen molar-refractivity contribution in [3.05, 3.63) is 0 Å². The Balaban J connectivity index is 2.91. The van der Waals surface area contributed by atoms with E-state index in [4.69, 9.17) is 18.0 Å². The molecule has 0 aromatic heterocycles. The number of hydrogen-bond donors (Lipinski definition) is 2. The van der Waals surface area contributed by atoms with Gasteiger partial charge in [-0.05, 0) is 20.3 Å². The van der Waals surface area contributed by atoms with Gasteiger partial charge in [-0.25, -0.2) is 0 Å². The zero-order chi connectivity index (χ0) is 11.6. The van der Waals surface area contributed by atoms with Crippen molar-refractivity contribution in [3.63, 3.8) is 0 Å². The average Bonchev–Trinajstić information content (AvgIpc) is 2.13. The summed E-state index contributed by atoms with van der Waals surface area (Å²) >= 11 is 5.04. The van der Waals surface area contributed by atoms with Crippen LogP contribution in [0.15, 0.2) is 0 Å². The molecule has 15 heavy (non-hydrogen) atoms. The van der Waals surface area contributed by atoms with E-state index in [-0.39, 0.29) is 11.9 Å². The summed E-state index contributed by atoms with van der Waals surface area (Å²) in [6.07, 6.45) is 0.839. The molecule has 1 aliphatic rings. The fourth-order valence-corrected chi connectivity index (χ4v) is 2.33. The monoisotopic (exact) mass is 229 g/mol. The zero-order valence-corrected chi connectivity index (χ0v) is 10.4. The van der Waals surface area contributed by atoms with Crippen LogP contribution in [0.3, 0.4) is 0 Å². The van der Waals surface area contributed by atoms with E-state index in [0.29, 0.717) is 11.5 Å². The van der Waals surface area contributed by atoms with E-state index in [2.05, 4.69) is 10.2 Å². The highest BCUT2D eigenvalue weighted by Crippen LogP contribution is 2.22. The molecule has 3 N–H and O–H groups in total. The third-order valence-electron chi connectivity index (χ3n) is 3.00. The largest absolute Gasteiger partial charge is 0.392 e. The fourth-order valence-electron chi connectivity index (χ4n) is 2.04. The molecule has 4 nitrogen and oxygen atoms in total. The highest BCUT2D eigenvalue weighted by molar-refractivity contribution is 7.80. The minimum Gasteiger partial charge on any atom is -0.392 e. The van der Waals surface area contributed by atoms with Crippen LogP contribution in [-0.2, 0) is 4.79 Å². The molecule has 0 spiro atoms. The van der Waals surface area contributed by atoms with Crippen LogP contribution in [0.2, 0.25) is 0 Å². The molecule has 0 bridgehead atoms. The molecule has 0 saturated carbocycles. The van der Waals surface area contributed by atoms with Crippen LogP contribution in [0, 0.1) is 0 Å². The summed E-state index contributed by atoms with van der Waals surface area (Å²) in [4.78, 5) is 14.3. The van der Waals surface area contributed by atoms with Crippen molar-refractivity contribution < 1.29 is 4.79 Å². The van der Waals surface area contributed by atoms with Crippen molar-refractivity contribution in [2.75, 3.05) is 13.1 Å². The van der Waals surface area contributed by atoms with Crippen molar-refractivity contribution in [2.45, 2.75) is 38.8 Å². The quantitative estimate of drug-likeness (QED) is 0.682. The number of rotatable bonds is 3. The number of carbonyl (C=O) groups is 1. The summed E-state index contributed by atoms with van der Waals surface area (Å²) in [7, 11) is 0. The number of carbonyl (C=O) groups excluding carboxylic acids is 1. The Kier molecular flexibility index (Phi) is 3.67. The number of amides is 1. The highest BCUT2D eigenvalue weighted by atomic mass is 32.1. The van der Waals surface area contributed by atoms with Gasteiger partial charge in [0.05, 0.1) is 16.6 Å². The molecule has 1 rings (SSSR count). The molecule has 1 unspecified atom stereocenters. The average molecular weight is 229 g/mol. The van der Waals surface area contributed by atoms with Crippen LogP contribution < -0.4 is 11.1 Å². The van der Waals surface area contributed by atoms with E-state index in [0.717, 1.165) is 13.0 Å². The predicted octanol–water partition coefficient (Wildman–Crippen LogP) is 0.262. The molecule has 86 valence electrons. The molecule has 1 heterocycles. The number of nitrogens with zero attached hydrogens (tertiary/aromatic N) is 1. The van der Waals surface area contributed by atoms with Gasteiger partial charge in [0.2, 0.25) is 5.91 Å². The summed E-state index contributed by atoms with van der Waals surface area (Å²) in [6, 6.07) is 0.0149. The Bertz CT molecular complexity index is 278. The van der Waals surface area contributed by atoms with Gasteiger partial charge in [-0.15, -0.1) is 0 Å². The van der Waals surface area contributed by atoms with Crippen LogP contribution in [0.4, 0.5) is 0 Å². The van der Waals surface area contributed by atoms with Gasteiger partial charge in [-0.2, -0.15) is 0 Å². The molecule has 0 radical (unpaired) electrons. The third-order valence-corrected chi connectivity index (χ3v) is 3.28. The second-order valence-electron chi connectivity index (χ2n) is 4.33. The summed E-state index contributed by atoms with van der Waals surface area (Å²) < 4.78 is 0.